The number of fused-ring (bicyclic) bond motifs is 1. The van der Waals surface area contributed by atoms with Crippen LogP contribution in [-0.4, -0.2) is 17.9 Å². The van der Waals surface area contributed by atoms with Crippen molar-refractivity contribution in [3.8, 4) is 5.75 Å². The first kappa shape index (κ1) is 16.5. The molecule has 1 aliphatic rings. The minimum absolute atomic E-state index is 0.0756. The van der Waals surface area contributed by atoms with Crippen molar-refractivity contribution in [3.05, 3.63) is 45.6 Å². The number of rotatable bonds is 4. The van der Waals surface area contributed by atoms with Gasteiger partial charge in [0.15, 0.2) is 6.10 Å². The molecule has 0 fully saturated rings. The molecule has 0 saturated heterocycles. The van der Waals surface area contributed by atoms with Gasteiger partial charge in [0, 0.05) is 0 Å². The number of aryl methyl sites for hydroxylation is 1. The molecule has 2 heterocycles. The molecule has 1 aromatic carbocycles. The monoisotopic (exact) mass is 344 g/mol. The number of carbonyl (C=O) groups is 2. The smallest absolute Gasteiger partial charge is 0.265 e. The van der Waals surface area contributed by atoms with Crippen LogP contribution in [0.2, 0.25) is 0 Å². The fourth-order valence-corrected chi connectivity index (χ4v) is 3.48. The molecule has 3 rings (SSSR count). The lowest BCUT2D eigenvalue weighted by molar-refractivity contribution is -0.123. The fourth-order valence-electron chi connectivity index (χ4n) is 2.65. The Hall–Kier alpha value is -2.34. The molecule has 0 saturated carbocycles. The van der Waals surface area contributed by atoms with Crippen LogP contribution in [0.4, 0.5) is 5.69 Å². The second-order valence-electron chi connectivity index (χ2n) is 5.89. The number of benzene rings is 1. The third-order valence-corrected chi connectivity index (χ3v) is 5.13. The Balaban J connectivity index is 1.77. The van der Waals surface area contributed by atoms with E-state index in [0.29, 0.717) is 17.9 Å². The van der Waals surface area contributed by atoms with Crippen molar-refractivity contribution in [3.63, 3.8) is 0 Å². The Kier molecular flexibility index (Phi) is 4.57. The average Bonchev–Trinajstić information content (AvgIpc) is 2.99. The zero-order valence-corrected chi connectivity index (χ0v) is 14.7. The average molecular weight is 344 g/mol. The van der Waals surface area contributed by atoms with Crippen LogP contribution < -0.4 is 15.4 Å². The summed E-state index contributed by atoms with van der Waals surface area (Å²) in [5.74, 6) is 0.452. The van der Waals surface area contributed by atoms with E-state index in [4.69, 9.17) is 4.74 Å². The summed E-state index contributed by atoms with van der Waals surface area (Å²) >= 11 is 1.44. The van der Waals surface area contributed by atoms with Gasteiger partial charge in [-0.1, -0.05) is 13.0 Å². The van der Waals surface area contributed by atoms with Crippen LogP contribution in [0.25, 0.3) is 0 Å². The highest BCUT2D eigenvalue weighted by Gasteiger charge is 2.26. The van der Waals surface area contributed by atoms with Gasteiger partial charge in [0.25, 0.3) is 11.8 Å². The Bertz CT molecular complexity index is 784. The lowest BCUT2D eigenvalue weighted by atomic mass is 10.1. The summed E-state index contributed by atoms with van der Waals surface area (Å²) in [5.41, 5.74) is 2.58. The first-order valence-electron chi connectivity index (χ1n) is 7.96. The lowest BCUT2D eigenvalue weighted by Crippen LogP contribution is -2.36. The molecule has 1 aromatic heterocycles. The third kappa shape index (κ3) is 3.14. The van der Waals surface area contributed by atoms with Crippen LogP contribution in [0.15, 0.2) is 29.6 Å². The van der Waals surface area contributed by atoms with Gasteiger partial charge in [-0.15, -0.1) is 11.3 Å². The number of anilines is 1. The van der Waals surface area contributed by atoms with Crippen LogP contribution in [0.3, 0.4) is 0 Å². The van der Waals surface area contributed by atoms with E-state index in [0.717, 1.165) is 16.0 Å². The Morgan fingerprint density at radius 2 is 2.21 bits per heavy atom. The molecular weight excluding hydrogens is 324 g/mol. The van der Waals surface area contributed by atoms with Gasteiger partial charge in [0.2, 0.25) is 0 Å². The molecule has 2 unspecified atom stereocenters. The van der Waals surface area contributed by atoms with Gasteiger partial charge in [-0.2, -0.15) is 0 Å². The van der Waals surface area contributed by atoms with Gasteiger partial charge in [-0.25, -0.2) is 0 Å². The van der Waals surface area contributed by atoms with E-state index in [-0.39, 0.29) is 17.9 Å². The predicted molar refractivity (Wildman–Crippen MR) is 94.7 cm³/mol. The Morgan fingerprint density at radius 3 is 2.88 bits per heavy atom. The second-order valence-corrected chi connectivity index (χ2v) is 6.80. The molecule has 2 amide bonds. The van der Waals surface area contributed by atoms with E-state index in [1.807, 2.05) is 50.4 Å². The van der Waals surface area contributed by atoms with Gasteiger partial charge in [0.05, 0.1) is 16.6 Å². The summed E-state index contributed by atoms with van der Waals surface area (Å²) in [6.07, 6.45) is 0.144. The predicted octanol–water partition coefficient (Wildman–Crippen LogP) is 3.66. The van der Waals surface area contributed by atoms with Crippen LogP contribution in [0.1, 0.15) is 47.1 Å². The summed E-state index contributed by atoms with van der Waals surface area (Å²) in [6.45, 7) is 5.77. The summed E-state index contributed by atoms with van der Waals surface area (Å²) in [5, 5.41) is 7.77. The van der Waals surface area contributed by atoms with Crippen LogP contribution in [-0.2, 0) is 4.79 Å². The number of thiophene rings is 1. The largest absolute Gasteiger partial charge is 0.478 e. The van der Waals surface area contributed by atoms with E-state index >= 15 is 0 Å². The Labute approximate surface area is 145 Å². The van der Waals surface area contributed by atoms with Gasteiger partial charge in [0.1, 0.15) is 5.75 Å². The molecule has 24 heavy (non-hydrogen) atoms. The Morgan fingerprint density at radius 1 is 1.42 bits per heavy atom. The summed E-state index contributed by atoms with van der Waals surface area (Å²) in [7, 11) is 0. The zero-order valence-electron chi connectivity index (χ0n) is 13.9. The molecule has 0 spiro atoms. The summed E-state index contributed by atoms with van der Waals surface area (Å²) in [4.78, 5) is 24.9. The molecular formula is C18H20N2O3S. The standard InChI is InChI=1S/C18H20N2O3S/c1-4-14-17(21)20-13-6-5-12(9-15(13)23-14)11(3)19-18(22)16-10(2)7-8-24-16/h5-9,11,14H,4H2,1-3H3,(H,19,22)(H,20,21). The van der Waals surface area contributed by atoms with Crippen molar-refractivity contribution in [2.24, 2.45) is 0 Å². The molecule has 2 aromatic rings. The fraction of sp³-hybridized carbons (Fsp3) is 0.333. The van der Waals surface area contributed by atoms with Crippen molar-refractivity contribution in [2.45, 2.75) is 39.3 Å². The van der Waals surface area contributed by atoms with Crippen LogP contribution >= 0.6 is 11.3 Å². The molecule has 6 heteroatoms. The van der Waals surface area contributed by atoms with Gasteiger partial charge >= 0.3 is 0 Å². The quantitative estimate of drug-likeness (QED) is 0.889. The minimum Gasteiger partial charge on any atom is -0.478 e. The molecule has 0 aliphatic carbocycles. The molecule has 126 valence electrons. The number of nitrogens with one attached hydrogen (secondary N) is 2. The number of carbonyl (C=O) groups excluding carboxylic acids is 2. The van der Waals surface area contributed by atoms with E-state index in [1.54, 1.807) is 0 Å². The normalized spacial score (nSPS) is 17.5. The van der Waals surface area contributed by atoms with E-state index < -0.39 is 6.10 Å². The minimum atomic E-state index is -0.466. The maximum Gasteiger partial charge on any atom is 0.265 e. The second kappa shape index (κ2) is 6.65. The van der Waals surface area contributed by atoms with Crippen molar-refractivity contribution in [1.29, 1.82) is 0 Å². The molecule has 5 nitrogen and oxygen atoms in total. The summed E-state index contributed by atoms with van der Waals surface area (Å²) in [6, 6.07) is 7.36. The molecule has 2 N–H and O–H groups in total. The first-order chi connectivity index (χ1) is 11.5. The molecule has 1 aliphatic heterocycles. The van der Waals surface area contributed by atoms with Crippen LogP contribution in [0, 0.1) is 6.92 Å². The zero-order chi connectivity index (χ0) is 17.3. The molecule has 0 radical (unpaired) electrons. The number of hydrogen-bond donors (Lipinski definition) is 2. The first-order valence-corrected chi connectivity index (χ1v) is 8.84. The highest BCUT2D eigenvalue weighted by atomic mass is 32.1. The van der Waals surface area contributed by atoms with Gasteiger partial charge in [-0.05, 0) is 55.0 Å². The highest BCUT2D eigenvalue weighted by molar-refractivity contribution is 7.12. The van der Waals surface area contributed by atoms with Crippen molar-refractivity contribution in [2.75, 3.05) is 5.32 Å². The van der Waals surface area contributed by atoms with Crippen LogP contribution in [0.5, 0.6) is 5.75 Å². The maximum atomic E-state index is 12.4. The number of ether oxygens (including phenoxy) is 1. The molecule has 0 bridgehead atoms. The van der Waals surface area contributed by atoms with Crippen molar-refractivity contribution >= 4 is 28.8 Å². The molecule has 2 atom stereocenters. The SMILES string of the molecule is CCC1Oc2cc(C(C)NC(=O)c3sccc3C)ccc2NC1=O. The van der Waals surface area contributed by atoms with E-state index in [9.17, 15) is 9.59 Å². The van der Waals surface area contributed by atoms with Gasteiger partial charge in [-0.3, -0.25) is 9.59 Å². The van der Waals surface area contributed by atoms with E-state index in [2.05, 4.69) is 10.6 Å². The van der Waals surface area contributed by atoms with Crippen molar-refractivity contribution in [1.82, 2.24) is 5.32 Å². The lowest BCUT2D eigenvalue weighted by Gasteiger charge is -2.26. The number of amides is 2. The maximum absolute atomic E-state index is 12.4. The third-order valence-electron chi connectivity index (χ3n) is 4.11. The van der Waals surface area contributed by atoms with Crippen molar-refractivity contribution < 1.29 is 14.3 Å². The van der Waals surface area contributed by atoms with E-state index in [1.165, 1.54) is 11.3 Å². The highest BCUT2D eigenvalue weighted by Crippen LogP contribution is 2.33. The summed E-state index contributed by atoms with van der Waals surface area (Å²) < 4.78 is 5.76. The van der Waals surface area contributed by atoms with Gasteiger partial charge < -0.3 is 15.4 Å². The number of hydrogen-bond acceptors (Lipinski definition) is 4. The topological polar surface area (TPSA) is 67.4 Å².